The van der Waals surface area contributed by atoms with Crippen LogP contribution in [0.1, 0.15) is 452 Å². The molecule has 0 fully saturated rings. The number of phosphoric acid groups is 2. The summed E-state index contributed by atoms with van der Waals surface area (Å²) in [6, 6.07) is 0. The first-order valence-electron chi connectivity index (χ1n) is 44.1. The van der Waals surface area contributed by atoms with Crippen LogP contribution in [0.15, 0.2) is 0 Å². The lowest BCUT2D eigenvalue weighted by Crippen LogP contribution is -2.30. The molecule has 4 unspecified atom stereocenters. The number of aliphatic hydroxyl groups excluding tert-OH is 1. The molecule has 0 amide bonds. The predicted molar refractivity (Wildman–Crippen MR) is 428 cm³/mol. The molecule has 3 N–H and O–H groups in total. The zero-order valence-electron chi connectivity index (χ0n) is 68.3. The Morgan fingerprint density at radius 1 is 0.269 bits per heavy atom. The molecule has 7 atom stereocenters. The second-order valence-electron chi connectivity index (χ2n) is 31.1. The number of hydrogen-bond donors (Lipinski definition) is 3. The molecule has 0 rings (SSSR count). The second kappa shape index (κ2) is 76.4. The fourth-order valence-electron chi connectivity index (χ4n) is 13.2. The Kier molecular flexibility index (Phi) is 75.0. The average molecular weight is 1520 g/mol. The van der Waals surface area contributed by atoms with E-state index in [1.165, 1.54) is 263 Å². The van der Waals surface area contributed by atoms with Crippen LogP contribution in [0.4, 0.5) is 0 Å². The Balaban J connectivity index is 5.24. The van der Waals surface area contributed by atoms with Crippen LogP contribution in [-0.2, 0) is 65.4 Å². The number of carbonyl (C=O) groups is 4. The van der Waals surface area contributed by atoms with Gasteiger partial charge in [0, 0.05) is 25.7 Å². The van der Waals surface area contributed by atoms with Crippen LogP contribution in [-0.4, -0.2) is 96.7 Å². The molecule has 104 heavy (non-hydrogen) atoms. The number of esters is 4. The summed E-state index contributed by atoms with van der Waals surface area (Å²) in [5, 5.41) is 10.7. The van der Waals surface area contributed by atoms with Crippen LogP contribution >= 0.6 is 15.6 Å². The highest BCUT2D eigenvalue weighted by atomic mass is 31.2. The summed E-state index contributed by atoms with van der Waals surface area (Å²) in [4.78, 5) is 73.2. The molecule has 0 heterocycles. The molecule has 0 aliphatic carbocycles. The lowest BCUT2D eigenvalue weighted by atomic mass is 9.99. The molecule has 0 saturated carbocycles. The van der Waals surface area contributed by atoms with Gasteiger partial charge in [0.05, 0.1) is 26.4 Å². The molecular formula is C85H166O17P2. The van der Waals surface area contributed by atoms with Crippen molar-refractivity contribution < 1.29 is 80.2 Å². The number of phosphoric ester groups is 2. The number of unbranched alkanes of at least 4 members (excludes halogenated alkanes) is 52. The Morgan fingerprint density at radius 3 is 0.683 bits per heavy atom. The van der Waals surface area contributed by atoms with Gasteiger partial charge in [-0.15, -0.1) is 0 Å². The van der Waals surface area contributed by atoms with Crippen LogP contribution in [0.5, 0.6) is 0 Å². The maximum Gasteiger partial charge on any atom is 0.472 e. The van der Waals surface area contributed by atoms with Gasteiger partial charge in [-0.2, -0.15) is 0 Å². The van der Waals surface area contributed by atoms with Gasteiger partial charge in [0.2, 0.25) is 0 Å². The van der Waals surface area contributed by atoms with Gasteiger partial charge in [0.1, 0.15) is 19.3 Å². The molecule has 0 aromatic heterocycles. The third-order valence-corrected chi connectivity index (χ3v) is 22.6. The molecule has 0 saturated heterocycles. The maximum atomic E-state index is 13.1. The highest BCUT2D eigenvalue weighted by Crippen LogP contribution is 2.45. The first kappa shape index (κ1) is 102. The number of carbonyl (C=O) groups excluding carboxylic acids is 4. The van der Waals surface area contributed by atoms with Crippen molar-refractivity contribution in [3.8, 4) is 0 Å². The molecule has 0 radical (unpaired) electrons. The van der Waals surface area contributed by atoms with E-state index >= 15 is 0 Å². The topological polar surface area (TPSA) is 237 Å². The summed E-state index contributed by atoms with van der Waals surface area (Å²) < 4.78 is 68.9. The van der Waals surface area contributed by atoms with E-state index in [1.807, 2.05) is 0 Å². The largest absolute Gasteiger partial charge is 0.472 e. The van der Waals surface area contributed by atoms with Crippen molar-refractivity contribution in [3.63, 3.8) is 0 Å². The van der Waals surface area contributed by atoms with Gasteiger partial charge in [0.15, 0.2) is 12.2 Å². The molecule has 618 valence electrons. The van der Waals surface area contributed by atoms with Gasteiger partial charge in [-0.1, -0.05) is 401 Å². The van der Waals surface area contributed by atoms with E-state index in [0.29, 0.717) is 25.7 Å². The zero-order valence-corrected chi connectivity index (χ0v) is 70.1. The Morgan fingerprint density at radius 2 is 0.462 bits per heavy atom. The fraction of sp³-hybridized carbons (Fsp3) is 0.953. The fourth-order valence-corrected chi connectivity index (χ4v) is 14.8. The smallest absolute Gasteiger partial charge is 0.462 e. The van der Waals surface area contributed by atoms with E-state index in [9.17, 15) is 43.2 Å². The molecule has 0 spiro atoms. The van der Waals surface area contributed by atoms with Crippen molar-refractivity contribution in [3.05, 3.63) is 0 Å². The molecule has 0 aliphatic rings. The van der Waals surface area contributed by atoms with Crippen LogP contribution in [0.3, 0.4) is 0 Å². The van der Waals surface area contributed by atoms with E-state index in [4.69, 9.17) is 37.0 Å². The van der Waals surface area contributed by atoms with Gasteiger partial charge in [-0.25, -0.2) is 9.13 Å². The number of hydrogen-bond acceptors (Lipinski definition) is 15. The quantitative estimate of drug-likeness (QED) is 0.0222. The van der Waals surface area contributed by atoms with E-state index in [-0.39, 0.29) is 25.7 Å². The van der Waals surface area contributed by atoms with Crippen molar-refractivity contribution in [2.24, 2.45) is 11.8 Å². The zero-order chi connectivity index (χ0) is 76.4. The molecule has 0 aromatic rings. The monoisotopic (exact) mass is 1520 g/mol. The summed E-state index contributed by atoms with van der Waals surface area (Å²) in [7, 11) is -9.93. The third-order valence-electron chi connectivity index (χ3n) is 20.7. The van der Waals surface area contributed by atoms with Crippen LogP contribution in [0, 0.1) is 11.8 Å². The predicted octanol–water partition coefficient (Wildman–Crippen LogP) is 25.8. The van der Waals surface area contributed by atoms with Gasteiger partial charge >= 0.3 is 39.5 Å². The minimum atomic E-state index is -4.96. The Labute approximate surface area is 638 Å². The van der Waals surface area contributed by atoms with Crippen molar-refractivity contribution in [1.82, 2.24) is 0 Å². The molecule has 17 nitrogen and oxygen atoms in total. The van der Waals surface area contributed by atoms with Crippen molar-refractivity contribution in [2.45, 2.75) is 471 Å². The molecule has 19 heteroatoms. The van der Waals surface area contributed by atoms with Crippen LogP contribution in [0.2, 0.25) is 0 Å². The summed E-state index contributed by atoms with van der Waals surface area (Å²) in [6.45, 7) is 9.68. The Hall–Kier alpha value is -1.94. The van der Waals surface area contributed by atoms with E-state index in [1.54, 1.807) is 0 Å². The SMILES string of the molecule is CCCCCCCCCCCCCCCCCCCCC(=O)OC[C@H](COP(=O)(O)OC[C@@H](O)COP(=O)(O)OC[C@@H](COC(=O)CCCCCCCCC(C)CC)OC(=O)CCCCCCCCCCCCCCCCCCCC)OC(=O)CCCCCCCCCCCCCCCCC(C)CC. The lowest BCUT2D eigenvalue weighted by molar-refractivity contribution is -0.161. The second-order valence-corrected chi connectivity index (χ2v) is 34.0. The number of rotatable bonds is 84. The van der Waals surface area contributed by atoms with Crippen molar-refractivity contribution in [2.75, 3.05) is 39.6 Å². The standard InChI is InChI=1S/C85H166O17P2/c1-7-11-13-15-17-19-21-23-25-27-29-31-36-40-44-48-55-61-67-82(87)95-73-80(101-84(89)69-64-58-50-46-42-38-34-33-35-39-43-47-53-59-65-77(5)9-3)75-99-103(91,92)97-71-79(86)72-98-104(93,94)100-76-81(74-96-83(88)68-62-56-52-51-54-60-66-78(6)10-4)102-85(90)70-63-57-49-45-41-37-32-30-28-26-24-22-20-18-16-14-12-8-2/h77-81,86H,7-76H2,1-6H3,(H,91,92)(H,93,94)/t77?,78?,79-,80-,81-/m1/s1. The van der Waals surface area contributed by atoms with E-state index in [0.717, 1.165) is 108 Å². The molecule has 0 bridgehead atoms. The lowest BCUT2D eigenvalue weighted by Gasteiger charge is -2.21. The van der Waals surface area contributed by atoms with Gasteiger partial charge in [0.25, 0.3) is 0 Å². The van der Waals surface area contributed by atoms with Gasteiger partial charge in [-0.3, -0.25) is 37.3 Å². The summed E-state index contributed by atoms with van der Waals surface area (Å²) in [5.41, 5.74) is 0. The minimum absolute atomic E-state index is 0.108. The summed E-state index contributed by atoms with van der Waals surface area (Å²) in [6.07, 6.45) is 68.0. The van der Waals surface area contributed by atoms with Gasteiger partial charge < -0.3 is 33.8 Å². The summed E-state index contributed by atoms with van der Waals surface area (Å²) in [5.74, 6) is -0.527. The van der Waals surface area contributed by atoms with E-state index < -0.39 is 97.5 Å². The summed E-state index contributed by atoms with van der Waals surface area (Å²) >= 11 is 0. The minimum Gasteiger partial charge on any atom is -0.462 e. The highest BCUT2D eigenvalue weighted by molar-refractivity contribution is 7.47. The highest BCUT2D eigenvalue weighted by Gasteiger charge is 2.30. The molecule has 0 aromatic carbocycles. The van der Waals surface area contributed by atoms with Crippen LogP contribution in [0.25, 0.3) is 0 Å². The number of ether oxygens (including phenoxy) is 4. The van der Waals surface area contributed by atoms with Gasteiger partial charge in [-0.05, 0) is 37.5 Å². The Bertz CT molecular complexity index is 2000. The first-order valence-corrected chi connectivity index (χ1v) is 47.1. The first-order chi connectivity index (χ1) is 50.4. The maximum absolute atomic E-state index is 13.1. The number of aliphatic hydroxyl groups is 1. The van der Waals surface area contributed by atoms with Crippen LogP contribution < -0.4 is 0 Å². The molecular weight excluding hydrogens is 1350 g/mol. The van der Waals surface area contributed by atoms with E-state index in [2.05, 4.69) is 41.5 Å². The van der Waals surface area contributed by atoms with Crippen molar-refractivity contribution >= 4 is 39.5 Å². The molecule has 0 aliphatic heterocycles. The third kappa shape index (κ3) is 75.5. The van der Waals surface area contributed by atoms with Crippen molar-refractivity contribution in [1.29, 1.82) is 0 Å². The normalized spacial score (nSPS) is 14.4. The average Bonchev–Trinajstić information content (AvgIpc) is 0.904.